The van der Waals surface area contributed by atoms with E-state index in [2.05, 4.69) is 0 Å². The van der Waals surface area contributed by atoms with Crippen LogP contribution in [0.4, 0.5) is 11.4 Å². The van der Waals surface area contributed by atoms with Gasteiger partial charge in [-0.25, -0.2) is 0 Å². The molecule has 8 heteroatoms. The first-order valence-electron chi connectivity index (χ1n) is 8.78. The molecule has 146 valence electrons. The second kappa shape index (κ2) is 8.75. The molecule has 0 aliphatic carbocycles. The van der Waals surface area contributed by atoms with Crippen LogP contribution < -0.4 is 9.64 Å². The molecule has 0 bridgehead atoms. The number of benzene rings is 2. The lowest BCUT2D eigenvalue weighted by atomic mass is 10.2. The molecule has 0 atom stereocenters. The van der Waals surface area contributed by atoms with E-state index >= 15 is 0 Å². The van der Waals surface area contributed by atoms with Crippen molar-refractivity contribution in [3.8, 4) is 5.75 Å². The Hall–Kier alpha value is -3.06. The van der Waals surface area contributed by atoms with Gasteiger partial charge < -0.3 is 14.5 Å². The largest absolute Gasteiger partial charge is 0.497 e. The smallest absolute Gasteiger partial charge is 0.271 e. The highest BCUT2D eigenvalue weighted by Crippen LogP contribution is 2.30. The molecule has 3 rings (SSSR count). The third-order valence-corrected chi connectivity index (χ3v) is 4.91. The zero-order chi connectivity index (χ0) is 20.1. The Morgan fingerprint density at radius 1 is 1.14 bits per heavy atom. The Balaban J connectivity index is 1.57. The zero-order valence-electron chi connectivity index (χ0n) is 15.4. The van der Waals surface area contributed by atoms with Crippen molar-refractivity contribution in [1.29, 1.82) is 0 Å². The predicted octanol–water partition coefficient (Wildman–Crippen LogP) is 3.62. The van der Waals surface area contributed by atoms with Crippen molar-refractivity contribution < 1.29 is 14.5 Å². The molecule has 1 aliphatic rings. The monoisotopic (exact) mass is 401 g/mol. The fourth-order valence-corrected chi connectivity index (χ4v) is 3.32. The highest BCUT2D eigenvalue weighted by molar-refractivity contribution is 6.33. The molecule has 0 aromatic heterocycles. The summed E-state index contributed by atoms with van der Waals surface area (Å²) in [5.74, 6) is 0.717. The number of rotatable bonds is 5. The summed E-state index contributed by atoms with van der Waals surface area (Å²) in [7, 11) is 1.61. The second-order valence-corrected chi connectivity index (χ2v) is 6.72. The van der Waals surface area contributed by atoms with Crippen LogP contribution in [0.15, 0.2) is 48.5 Å². The Morgan fingerprint density at radius 2 is 1.82 bits per heavy atom. The lowest BCUT2D eigenvalue weighted by molar-refractivity contribution is -0.384. The lowest BCUT2D eigenvalue weighted by Gasteiger charge is -2.36. The minimum absolute atomic E-state index is 0.0359. The maximum Gasteiger partial charge on any atom is 0.271 e. The van der Waals surface area contributed by atoms with Crippen LogP contribution in [0.25, 0.3) is 6.08 Å². The number of hydrogen-bond acceptors (Lipinski definition) is 5. The first-order chi connectivity index (χ1) is 13.5. The number of nitro benzene ring substituents is 1. The summed E-state index contributed by atoms with van der Waals surface area (Å²) in [6.07, 6.45) is 3.34. The van der Waals surface area contributed by atoms with Gasteiger partial charge >= 0.3 is 0 Å². The van der Waals surface area contributed by atoms with Gasteiger partial charge in [0.15, 0.2) is 0 Å². The van der Waals surface area contributed by atoms with E-state index in [4.69, 9.17) is 16.3 Å². The minimum atomic E-state index is -0.471. The van der Waals surface area contributed by atoms with Crippen LogP contribution in [0, 0.1) is 10.1 Å². The highest BCUT2D eigenvalue weighted by atomic mass is 35.5. The predicted molar refractivity (Wildman–Crippen MR) is 109 cm³/mol. The first kappa shape index (κ1) is 19.7. The molecule has 0 radical (unpaired) electrons. The number of carbonyl (C=O) groups is 1. The van der Waals surface area contributed by atoms with Crippen molar-refractivity contribution in [2.75, 3.05) is 38.2 Å². The molecule has 1 amide bonds. The summed E-state index contributed by atoms with van der Waals surface area (Å²) in [5.41, 5.74) is 1.63. The van der Waals surface area contributed by atoms with E-state index in [1.54, 1.807) is 30.2 Å². The van der Waals surface area contributed by atoms with E-state index in [0.29, 0.717) is 31.2 Å². The van der Waals surface area contributed by atoms with Crippen LogP contribution in [0.5, 0.6) is 5.75 Å². The SMILES string of the molecule is COc1ccc(C=CC(=O)N2CCN(c3ccc([N+](=O)[O-])cc3Cl)CC2)cc1. The van der Waals surface area contributed by atoms with Gasteiger partial charge in [-0.05, 0) is 29.8 Å². The van der Waals surface area contributed by atoms with Crippen LogP contribution in [-0.2, 0) is 4.79 Å². The molecule has 0 saturated carbocycles. The molecule has 2 aromatic rings. The van der Waals surface area contributed by atoms with Crippen LogP contribution in [0.1, 0.15) is 5.56 Å². The zero-order valence-corrected chi connectivity index (χ0v) is 16.1. The van der Waals surface area contributed by atoms with Gasteiger partial charge in [-0.2, -0.15) is 0 Å². The van der Waals surface area contributed by atoms with Crippen molar-refractivity contribution in [3.63, 3.8) is 0 Å². The molecule has 1 fully saturated rings. The Morgan fingerprint density at radius 3 is 2.39 bits per heavy atom. The van der Waals surface area contributed by atoms with E-state index in [1.165, 1.54) is 12.1 Å². The number of ether oxygens (including phenoxy) is 1. The maximum absolute atomic E-state index is 12.4. The van der Waals surface area contributed by atoms with Crippen LogP contribution >= 0.6 is 11.6 Å². The maximum atomic E-state index is 12.4. The third-order valence-electron chi connectivity index (χ3n) is 4.61. The molecule has 0 unspecified atom stereocenters. The molecular weight excluding hydrogens is 382 g/mol. The van der Waals surface area contributed by atoms with Crippen molar-refractivity contribution in [1.82, 2.24) is 4.90 Å². The average molecular weight is 402 g/mol. The highest BCUT2D eigenvalue weighted by Gasteiger charge is 2.22. The molecular formula is C20H20ClN3O4. The van der Waals surface area contributed by atoms with Crippen LogP contribution in [0.2, 0.25) is 5.02 Å². The number of nitrogens with zero attached hydrogens (tertiary/aromatic N) is 3. The van der Waals surface area contributed by atoms with Gasteiger partial charge in [-0.15, -0.1) is 0 Å². The lowest BCUT2D eigenvalue weighted by Crippen LogP contribution is -2.48. The van der Waals surface area contributed by atoms with Gasteiger partial charge in [0.2, 0.25) is 5.91 Å². The summed E-state index contributed by atoms with van der Waals surface area (Å²) >= 11 is 6.20. The average Bonchev–Trinajstić information content (AvgIpc) is 2.72. The van der Waals surface area contributed by atoms with E-state index in [9.17, 15) is 14.9 Å². The topological polar surface area (TPSA) is 75.9 Å². The molecule has 0 N–H and O–H groups in total. The molecule has 7 nitrogen and oxygen atoms in total. The molecule has 2 aromatic carbocycles. The van der Waals surface area contributed by atoms with Crippen molar-refractivity contribution in [2.45, 2.75) is 0 Å². The normalized spacial score (nSPS) is 14.4. The number of piperazine rings is 1. The summed E-state index contributed by atoms with van der Waals surface area (Å²) in [5, 5.41) is 11.2. The van der Waals surface area contributed by atoms with Crippen LogP contribution in [-0.4, -0.2) is 49.0 Å². The number of nitro groups is 1. The number of non-ortho nitro benzene ring substituents is 1. The summed E-state index contributed by atoms with van der Waals surface area (Å²) in [6, 6.07) is 11.9. The van der Waals surface area contributed by atoms with Crippen molar-refractivity contribution in [2.24, 2.45) is 0 Å². The van der Waals surface area contributed by atoms with Crippen molar-refractivity contribution in [3.05, 3.63) is 69.2 Å². The minimum Gasteiger partial charge on any atom is -0.497 e. The van der Waals surface area contributed by atoms with Crippen LogP contribution in [0.3, 0.4) is 0 Å². The van der Waals surface area contributed by atoms with Gasteiger partial charge in [0, 0.05) is 44.4 Å². The molecule has 1 heterocycles. The molecule has 0 spiro atoms. The fraction of sp³-hybridized carbons (Fsp3) is 0.250. The Labute approximate surface area is 167 Å². The quantitative estimate of drug-likeness (QED) is 0.434. The third kappa shape index (κ3) is 4.61. The number of halogens is 1. The fourth-order valence-electron chi connectivity index (χ4n) is 3.02. The number of hydrogen-bond donors (Lipinski definition) is 0. The summed E-state index contributed by atoms with van der Waals surface area (Å²) in [6.45, 7) is 2.33. The number of anilines is 1. The van der Waals surface area contributed by atoms with E-state index in [0.717, 1.165) is 17.0 Å². The Kier molecular flexibility index (Phi) is 6.16. The van der Waals surface area contributed by atoms with E-state index in [1.807, 2.05) is 29.2 Å². The summed E-state index contributed by atoms with van der Waals surface area (Å²) < 4.78 is 5.12. The molecule has 28 heavy (non-hydrogen) atoms. The van der Waals surface area contributed by atoms with Gasteiger partial charge in [0.05, 0.1) is 22.7 Å². The standard InChI is InChI=1S/C20H20ClN3O4/c1-28-17-6-2-15(3-7-17)4-9-20(25)23-12-10-22(11-13-23)19-8-5-16(24(26)27)14-18(19)21/h2-9,14H,10-13H2,1H3. The van der Waals surface area contributed by atoms with Gasteiger partial charge in [0.25, 0.3) is 5.69 Å². The molecule has 1 saturated heterocycles. The van der Waals surface area contributed by atoms with Gasteiger partial charge in [0.1, 0.15) is 5.75 Å². The molecule has 1 aliphatic heterocycles. The first-order valence-corrected chi connectivity index (χ1v) is 9.15. The number of amides is 1. The van der Waals surface area contributed by atoms with Gasteiger partial charge in [-0.1, -0.05) is 23.7 Å². The van der Waals surface area contributed by atoms with E-state index < -0.39 is 4.92 Å². The summed E-state index contributed by atoms with van der Waals surface area (Å²) in [4.78, 5) is 26.6. The Bertz CT molecular complexity index is 891. The van der Waals surface area contributed by atoms with Gasteiger partial charge in [-0.3, -0.25) is 14.9 Å². The van der Waals surface area contributed by atoms with E-state index in [-0.39, 0.29) is 11.6 Å². The second-order valence-electron chi connectivity index (χ2n) is 6.31. The number of carbonyl (C=O) groups excluding carboxylic acids is 1. The van der Waals surface area contributed by atoms with Crippen molar-refractivity contribution >= 4 is 35.0 Å². The number of methoxy groups -OCH3 is 1.